The Hall–Kier alpha value is -0.120. The van der Waals surface area contributed by atoms with Crippen LogP contribution in [-0.4, -0.2) is 49.3 Å². The molecule has 2 rings (SSSR count). The third kappa shape index (κ3) is 2.92. The van der Waals surface area contributed by atoms with E-state index < -0.39 is 0 Å². The van der Waals surface area contributed by atoms with Gasteiger partial charge >= 0.3 is 0 Å². The average molecular weight is 212 g/mol. The van der Waals surface area contributed by atoms with Crippen molar-refractivity contribution in [1.82, 2.24) is 10.2 Å². The molecule has 3 atom stereocenters. The van der Waals surface area contributed by atoms with E-state index in [0.717, 1.165) is 25.8 Å². The lowest BCUT2D eigenvalue weighted by atomic mass is 10.1. The molecule has 0 aliphatic carbocycles. The molecule has 15 heavy (non-hydrogen) atoms. The zero-order valence-corrected chi connectivity index (χ0v) is 10.0. The van der Waals surface area contributed by atoms with Gasteiger partial charge < -0.3 is 10.1 Å². The van der Waals surface area contributed by atoms with Crippen molar-refractivity contribution in [2.24, 2.45) is 0 Å². The van der Waals surface area contributed by atoms with Crippen molar-refractivity contribution >= 4 is 0 Å². The van der Waals surface area contributed by atoms with Crippen molar-refractivity contribution in [3.63, 3.8) is 0 Å². The van der Waals surface area contributed by atoms with Crippen LogP contribution in [0.15, 0.2) is 0 Å². The molecule has 0 spiro atoms. The van der Waals surface area contributed by atoms with Crippen molar-refractivity contribution in [1.29, 1.82) is 0 Å². The Morgan fingerprint density at radius 1 is 1.53 bits per heavy atom. The van der Waals surface area contributed by atoms with Crippen LogP contribution >= 0.6 is 0 Å². The minimum atomic E-state index is 0.571. The monoisotopic (exact) mass is 212 g/mol. The number of nitrogens with zero attached hydrogens (tertiary/aromatic N) is 1. The first-order valence-electron chi connectivity index (χ1n) is 6.34. The average Bonchev–Trinajstić information content (AvgIpc) is 2.66. The van der Waals surface area contributed by atoms with Crippen LogP contribution in [0.2, 0.25) is 0 Å². The molecule has 2 fully saturated rings. The maximum Gasteiger partial charge on any atom is 0.0620 e. The van der Waals surface area contributed by atoms with Crippen LogP contribution in [0.4, 0.5) is 0 Å². The molecular weight excluding hydrogens is 188 g/mol. The summed E-state index contributed by atoms with van der Waals surface area (Å²) in [6.07, 6.45) is 3.98. The highest BCUT2D eigenvalue weighted by Gasteiger charge is 2.27. The molecule has 1 N–H and O–H groups in total. The van der Waals surface area contributed by atoms with E-state index in [1.54, 1.807) is 0 Å². The van der Waals surface area contributed by atoms with Gasteiger partial charge in [0, 0.05) is 24.7 Å². The predicted octanol–water partition coefficient (Wildman–Crippen LogP) is 1.24. The molecule has 0 radical (unpaired) electrons. The lowest BCUT2D eigenvalue weighted by Crippen LogP contribution is -2.46. The Labute approximate surface area is 93.2 Å². The smallest absolute Gasteiger partial charge is 0.0620 e. The van der Waals surface area contributed by atoms with Crippen LogP contribution in [0, 0.1) is 0 Å². The molecule has 0 amide bonds. The number of nitrogens with one attached hydrogen (secondary N) is 1. The highest BCUT2D eigenvalue weighted by molar-refractivity contribution is 4.83. The molecule has 3 unspecified atom stereocenters. The van der Waals surface area contributed by atoms with Crippen molar-refractivity contribution < 1.29 is 4.74 Å². The quantitative estimate of drug-likeness (QED) is 0.762. The van der Waals surface area contributed by atoms with Crippen LogP contribution in [0.5, 0.6) is 0 Å². The number of likely N-dealkylation sites (tertiary alicyclic amines) is 1. The van der Waals surface area contributed by atoms with E-state index in [1.165, 1.54) is 25.8 Å². The van der Waals surface area contributed by atoms with Crippen LogP contribution < -0.4 is 5.32 Å². The minimum absolute atomic E-state index is 0.571. The molecule has 88 valence electrons. The lowest BCUT2D eigenvalue weighted by Gasteiger charge is -2.33. The fourth-order valence-corrected chi connectivity index (χ4v) is 2.93. The van der Waals surface area contributed by atoms with E-state index in [9.17, 15) is 0 Å². The molecule has 3 heteroatoms. The lowest BCUT2D eigenvalue weighted by molar-refractivity contribution is 0.0611. The fourth-order valence-electron chi connectivity index (χ4n) is 2.93. The van der Waals surface area contributed by atoms with E-state index >= 15 is 0 Å². The molecule has 0 bridgehead atoms. The summed E-state index contributed by atoms with van der Waals surface area (Å²) in [5.41, 5.74) is 0. The summed E-state index contributed by atoms with van der Waals surface area (Å²) in [6, 6.07) is 2.05. The van der Waals surface area contributed by atoms with Crippen molar-refractivity contribution in [2.75, 3.05) is 26.3 Å². The van der Waals surface area contributed by atoms with Crippen molar-refractivity contribution in [3.05, 3.63) is 0 Å². The number of rotatable bonds is 3. The van der Waals surface area contributed by atoms with E-state index in [1.807, 2.05) is 0 Å². The summed E-state index contributed by atoms with van der Waals surface area (Å²) in [7, 11) is 0. The SMILES string of the molecule is CC1CCCN1C(C)CC1COCCN1. The van der Waals surface area contributed by atoms with Crippen LogP contribution in [-0.2, 0) is 4.74 Å². The highest BCUT2D eigenvalue weighted by atomic mass is 16.5. The molecule has 2 aliphatic rings. The van der Waals surface area contributed by atoms with Crippen LogP contribution in [0.3, 0.4) is 0 Å². The van der Waals surface area contributed by atoms with Gasteiger partial charge in [-0.1, -0.05) is 0 Å². The van der Waals surface area contributed by atoms with Gasteiger partial charge in [-0.3, -0.25) is 4.90 Å². The number of hydrogen-bond donors (Lipinski definition) is 1. The van der Waals surface area contributed by atoms with Gasteiger partial charge in [0.15, 0.2) is 0 Å². The number of morpholine rings is 1. The summed E-state index contributed by atoms with van der Waals surface area (Å²) < 4.78 is 5.49. The Morgan fingerprint density at radius 3 is 3.00 bits per heavy atom. The molecule has 2 heterocycles. The fraction of sp³-hybridized carbons (Fsp3) is 1.00. The van der Waals surface area contributed by atoms with E-state index in [4.69, 9.17) is 4.74 Å². The first-order chi connectivity index (χ1) is 7.27. The number of ether oxygens (including phenoxy) is 1. The van der Waals surface area contributed by atoms with E-state index in [-0.39, 0.29) is 0 Å². The Kier molecular flexibility index (Phi) is 4.00. The van der Waals surface area contributed by atoms with E-state index in [2.05, 4.69) is 24.1 Å². The maximum absolute atomic E-state index is 5.49. The second-order valence-electron chi connectivity index (χ2n) is 5.04. The molecule has 2 aliphatic heterocycles. The zero-order chi connectivity index (χ0) is 10.7. The molecule has 0 aromatic carbocycles. The van der Waals surface area contributed by atoms with Crippen molar-refractivity contribution in [3.8, 4) is 0 Å². The molecule has 0 aromatic heterocycles. The third-order valence-electron chi connectivity index (χ3n) is 3.79. The van der Waals surface area contributed by atoms with Crippen LogP contribution in [0.1, 0.15) is 33.1 Å². The van der Waals surface area contributed by atoms with Gasteiger partial charge in [-0.25, -0.2) is 0 Å². The van der Waals surface area contributed by atoms with Gasteiger partial charge in [0.25, 0.3) is 0 Å². The summed E-state index contributed by atoms with van der Waals surface area (Å²) in [5.74, 6) is 0. The Morgan fingerprint density at radius 2 is 2.40 bits per heavy atom. The second-order valence-corrected chi connectivity index (χ2v) is 5.04. The van der Waals surface area contributed by atoms with Crippen LogP contribution in [0.25, 0.3) is 0 Å². The summed E-state index contributed by atoms with van der Waals surface area (Å²) in [5, 5.41) is 3.54. The third-order valence-corrected chi connectivity index (χ3v) is 3.79. The molecule has 2 saturated heterocycles. The van der Waals surface area contributed by atoms with E-state index in [0.29, 0.717) is 12.1 Å². The van der Waals surface area contributed by atoms with Gasteiger partial charge in [-0.05, 0) is 39.7 Å². The molecule has 3 nitrogen and oxygen atoms in total. The molecule has 0 saturated carbocycles. The van der Waals surface area contributed by atoms with Crippen molar-refractivity contribution in [2.45, 2.75) is 51.2 Å². The summed E-state index contributed by atoms with van der Waals surface area (Å²) in [6.45, 7) is 8.80. The largest absolute Gasteiger partial charge is 0.379 e. The predicted molar refractivity (Wildman–Crippen MR) is 62.1 cm³/mol. The maximum atomic E-state index is 5.49. The summed E-state index contributed by atoms with van der Waals surface area (Å²) >= 11 is 0. The topological polar surface area (TPSA) is 24.5 Å². The van der Waals surface area contributed by atoms with Gasteiger partial charge in [0.2, 0.25) is 0 Å². The summed E-state index contributed by atoms with van der Waals surface area (Å²) in [4.78, 5) is 2.65. The van der Waals surface area contributed by atoms with Gasteiger partial charge in [0.1, 0.15) is 0 Å². The Balaban J connectivity index is 1.77. The minimum Gasteiger partial charge on any atom is -0.379 e. The highest BCUT2D eigenvalue weighted by Crippen LogP contribution is 2.21. The van der Waals surface area contributed by atoms with Gasteiger partial charge in [-0.15, -0.1) is 0 Å². The molecule has 0 aromatic rings. The zero-order valence-electron chi connectivity index (χ0n) is 10.0. The Bertz CT molecular complexity index is 192. The van der Waals surface area contributed by atoms with Gasteiger partial charge in [0.05, 0.1) is 13.2 Å². The first kappa shape index (κ1) is 11.4. The number of hydrogen-bond acceptors (Lipinski definition) is 3. The second kappa shape index (κ2) is 5.28. The normalized spacial score (nSPS) is 35.6. The first-order valence-corrected chi connectivity index (χ1v) is 6.34. The standard InChI is InChI=1S/C12H24N2O/c1-10-4-3-6-14(10)11(2)8-12-9-15-7-5-13-12/h10-13H,3-9H2,1-2H3. The molecular formula is C12H24N2O. The van der Waals surface area contributed by atoms with Gasteiger partial charge in [-0.2, -0.15) is 0 Å².